The first-order valence-corrected chi connectivity index (χ1v) is 9.90. The van der Waals surface area contributed by atoms with Crippen molar-refractivity contribution >= 4 is 0 Å². The van der Waals surface area contributed by atoms with Crippen LogP contribution < -0.4 is 0 Å². The van der Waals surface area contributed by atoms with Crippen LogP contribution in [0.4, 0.5) is 0 Å². The van der Waals surface area contributed by atoms with Crippen molar-refractivity contribution in [1.82, 2.24) is 14.9 Å². The predicted molar refractivity (Wildman–Crippen MR) is 105 cm³/mol. The van der Waals surface area contributed by atoms with Gasteiger partial charge >= 0.3 is 0 Å². The molecule has 25 heavy (non-hydrogen) atoms. The molecule has 0 aromatic carbocycles. The highest BCUT2D eigenvalue weighted by molar-refractivity contribution is 5.06. The maximum Gasteiger partial charge on any atom is 0.0544 e. The largest absolute Gasteiger partial charge is 0.292 e. The number of pyridine rings is 2. The molecule has 0 amide bonds. The number of hydrogen-bond donors (Lipinski definition) is 0. The van der Waals surface area contributed by atoms with Crippen molar-refractivity contribution in [2.45, 2.75) is 71.4 Å². The Morgan fingerprint density at radius 1 is 0.680 bits per heavy atom. The molecule has 0 saturated heterocycles. The van der Waals surface area contributed by atoms with E-state index in [1.54, 1.807) is 0 Å². The van der Waals surface area contributed by atoms with Gasteiger partial charge in [0.05, 0.1) is 11.4 Å². The van der Waals surface area contributed by atoms with Crippen molar-refractivity contribution in [2.75, 3.05) is 6.54 Å². The lowest BCUT2D eigenvalue weighted by atomic mass is 10.1. The zero-order valence-corrected chi connectivity index (χ0v) is 15.7. The first-order chi connectivity index (χ1) is 12.4. The van der Waals surface area contributed by atoms with Crippen molar-refractivity contribution in [3.63, 3.8) is 0 Å². The minimum atomic E-state index is 0.897. The second kappa shape index (κ2) is 12.6. The third-order valence-corrected chi connectivity index (χ3v) is 4.55. The second-order valence-electron chi connectivity index (χ2n) is 6.83. The summed E-state index contributed by atoms with van der Waals surface area (Å²) in [5.74, 6) is 0. The molecule has 2 rings (SSSR count). The molecule has 0 fully saturated rings. The molecule has 3 nitrogen and oxygen atoms in total. The van der Waals surface area contributed by atoms with E-state index in [-0.39, 0.29) is 0 Å². The Labute approximate surface area is 153 Å². The molecule has 2 aromatic heterocycles. The van der Waals surface area contributed by atoms with Crippen molar-refractivity contribution in [3.8, 4) is 0 Å². The number of aromatic nitrogens is 2. The maximum atomic E-state index is 4.48. The fourth-order valence-electron chi connectivity index (χ4n) is 3.12. The summed E-state index contributed by atoms with van der Waals surface area (Å²) in [6.07, 6.45) is 14.6. The Bertz CT molecular complexity index is 500. The fraction of sp³-hybridized carbons (Fsp3) is 0.545. The van der Waals surface area contributed by atoms with Crippen molar-refractivity contribution in [3.05, 3.63) is 60.2 Å². The number of unbranched alkanes of at least 4 members (excludes halogenated alkanes) is 7. The third-order valence-electron chi connectivity index (χ3n) is 4.55. The lowest BCUT2D eigenvalue weighted by molar-refractivity contribution is 0.244. The van der Waals surface area contributed by atoms with Crippen LogP contribution in [-0.4, -0.2) is 21.4 Å². The zero-order chi connectivity index (χ0) is 17.6. The van der Waals surface area contributed by atoms with Crippen molar-refractivity contribution < 1.29 is 0 Å². The monoisotopic (exact) mass is 339 g/mol. The van der Waals surface area contributed by atoms with Gasteiger partial charge in [-0.15, -0.1) is 0 Å². The van der Waals surface area contributed by atoms with E-state index < -0.39 is 0 Å². The molecule has 0 saturated carbocycles. The van der Waals surface area contributed by atoms with Crippen LogP contribution in [0.15, 0.2) is 48.8 Å². The van der Waals surface area contributed by atoms with Crippen LogP contribution >= 0.6 is 0 Å². The van der Waals surface area contributed by atoms with Crippen LogP contribution in [0.2, 0.25) is 0 Å². The Morgan fingerprint density at radius 3 is 1.68 bits per heavy atom. The van der Waals surface area contributed by atoms with E-state index in [9.17, 15) is 0 Å². The Morgan fingerprint density at radius 2 is 1.20 bits per heavy atom. The van der Waals surface area contributed by atoms with Gasteiger partial charge in [-0.2, -0.15) is 0 Å². The molecule has 0 unspecified atom stereocenters. The summed E-state index contributed by atoms with van der Waals surface area (Å²) >= 11 is 0. The lowest BCUT2D eigenvalue weighted by Crippen LogP contribution is -2.25. The number of rotatable bonds is 13. The van der Waals surface area contributed by atoms with Gasteiger partial charge in [0.1, 0.15) is 0 Å². The zero-order valence-electron chi connectivity index (χ0n) is 15.7. The van der Waals surface area contributed by atoms with Crippen LogP contribution in [0.5, 0.6) is 0 Å². The molecule has 0 aliphatic heterocycles. The van der Waals surface area contributed by atoms with E-state index in [4.69, 9.17) is 0 Å². The Kier molecular flexibility index (Phi) is 9.87. The number of nitrogens with zero attached hydrogens (tertiary/aromatic N) is 3. The van der Waals surface area contributed by atoms with Gasteiger partial charge in [0.25, 0.3) is 0 Å². The van der Waals surface area contributed by atoms with Gasteiger partial charge < -0.3 is 0 Å². The molecule has 3 heteroatoms. The van der Waals surface area contributed by atoms with E-state index in [2.05, 4.69) is 46.1 Å². The lowest BCUT2D eigenvalue weighted by Gasteiger charge is -2.21. The van der Waals surface area contributed by atoms with Crippen LogP contribution in [0, 0.1) is 0 Å². The molecule has 0 spiro atoms. The van der Waals surface area contributed by atoms with E-state index in [1.807, 2.05) is 24.5 Å². The molecule has 136 valence electrons. The van der Waals surface area contributed by atoms with Gasteiger partial charge in [-0.1, -0.05) is 64.0 Å². The van der Waals surface area contributed by atoms with Crippen LogP contribution in [0.25, 0.3) is 0 Å². The van der Waals surface area contributed by atoms with E-state index in [1.165, 1.54) is 51.4 Å². The topological polar surface area (TPSA) is 29.0 Å². The fourth-order valence-corrected chi connectivity index (χ4v) is 3.12. The molecule has 0 atom stereocenters. The van der Waals surface area contributed by atoms with Crippen LogP contribution in [0.1, 0.15) is 69.7 Å². The quantitative estimate of drug-likeness (QED) is 0.444. The summed E-state index contributed by atoms with van der Waals surface area (Å²) in [6, 6.07) is 12.3. The van der Waals surface area contributed by atoms with E-state index in [0.29, 0.717) is 0 Å². The van der Waals surface area contributed by atoms with Gasteiger partial charge in [-0.05, 0) is 37.2 Å². The Hall–Kier alpha value is -1.74. The molecule has 0 aliphatic carbocycles. The normalized spacial score (nSPS) is 11.1. The first kappa shape index (κ1) is 19.6. The van der Waals surface area contributed by atoms with E-state index >= 15 is 0 Å². The predicted octanol–water partition coefficient (Wildman–Crippen LogP) is 5.62. The molecule has 2 heterocycles. The second-order valence-corrected chi connectivity index (χ2v) is 6.83. The van der Waals surface area contributed by atoms with Crippen LogP contribution in [-0.2, 0) is 13.1 Å². The third kappa shape index (κ3) is 8.78. The standard InChI is InChI=1S/C22H33N3/c1-2-3-4-5-6-7-8-13-18-25(19-21-14-9-11-16-23-21)20-22-15-10-12-17-24-22/h9-12,14-17H,2-8,13,18-20H2,1H3. The highest BCUT2D eigenvalue weighted by Crippen LogP contribution is 2.11. The molecular weight excluding hydrogens is 306 g/mol. The van der Waals surface area contributed by atoms with Gasteiger partial charge in [-0.25, -0.2) is 0 Å². The van der Waals surface area contributed by atoms with Gasteiger partial charge in [0, 0.05) is 25.5 Å². The molecule has 0 N–H and O–H groups in total. The highest BCUT2D eigenvalue weighted by atomic mass is 15.1. The van der Waals surface area contributed by atoms with Crippen molar-refractivity contribution in [1.29, 1.82) is 0 Å². The summed E-state index contributed by atoms with van der Waals surface area (Å²) in [4.78, 5) is 11.4. The molecule has 0 radical (unpaired) electrons. The molecule has 0 aliphatic rings. The molecular formula is C22H33N3. The average molecular weight is 340 g/mol. The van der Waals surface area contributed by atoms with Gasteiger partial charge in [0.2, 0.25) is 0 Å². The molecule has 2 aromatic rings. The van der Waals surface area contributed by atoms with Crippen molar-refractivity contribution in [2.24, 2.45) is 0 Å². The first-order valence-electron chi connectivity index (χ1n) is 9.90. The molecule has 0 bridgehead atoms. The van der Waals surface area contributed by atoms with Gasteiger partial charge in [-0.3, -0.25) is 14.9 Å². The van der Waals surface area contributed by atoms with Gasteiger partial charge in [0.15, 0.2) is 0 Å². The summed E-state index contributed by atoms with van der Waals surface area (Å²) in [5.41, 5.74) is 2.27. The summed E-state index contributed by atoms with van der Waals surface area (Å²) in [6.45, 7) is 5.18. The minimum Gasteiger partial charge on any atom is -0.292 e. The highest BCUT2D eigenvalue weighted by Gasteiger charge is 2.08. The number of hydrogen-bond acceptors (Lipinski definition) is 3. The average Bonchev–Trinajstić information content (AvgIpc) is 2.65. The summed E-state index contributed by atoms with van der Waals surface area (Å²) in [7, 11) is 0. The minimum absolute atomic E-state index is 0.897. The van der Waals surface area contributed by atoms with Crippen LogP contribution in [0.3, 0.4) is 0 Å². The summed E-state index contributed by atoms with van der Waals surface area (Å²) in [5, 5.41) is 0. The Balaban J connectivity index is 1.74. The van der Waals surface area contributed by atoms with E-state index in [0.717, 1.165) is 31.0 Å². The SMILES string of the molecule is CCCCCCCCCCN(Cc1ccccn1)Cc1ccccn1. The smallest absolute Gasteiger partial charge is 0.0544 e. The maximum absolute atomic E-state index is 4.48. The summed E-state index contributed by atoms with van der Waals surface area (Å²) < 4.78 is 0.